The lowest BCUT2D eigenvalue weighted by Gasteiger charge is -2.35. The van der Waals surface area contributed by atoms with Crippen molar-refractivity contribution in [1.82, 2.24) is 10.6 Å². The number of anilines is 1. The Kier molecular flexibility index (Phi) is 7.93. The maximum absolute atomic E-state index is 13.7. The monoisotopic (exact) mass is 519 g/mol. The zero-order valence-electron chi connectivity index (χ0n) is 20.5. The summed E-state index contributed by atoms with van der Waals surface area (Å²) in [6.07, 6.45) is 2.26. The van der Waals surface area contributed by atoms with Crippen LogP contribution in [0.5, 0.6) is 5.75 Å². The van der Waals surface area contributed by atoms with Gasteiger partial charge in [0.2, 0.25) is 5.91 Å². The van der Waals surface area contributed by atoms with E-state index < -0.39 is 10.0 Å². The number of amides is 2. The first-order valence-electron chi connectivity index (χ1n) is 11.9. The van der Waals surface area contributed by atoms with E-state index in [1.807, 2.05) is 30.3 Å². The van der Waals surface area contributed by atoms with Crippen molar-refractivity contribution in [3.63, 3.8) is 0 Å². The van der Waals surface area contributed by atoms with Gasteiger partial charge in [-0.3, -0.25) is 13.9 Å². The molecule has 0 aliphatic carbocycles. The summed E-state index contributed by atoms with van der Waals surface area (Å²) in [7, 11) is -2.57. The molecule has 0 spiro atoms. The van der Waals surface area contributed by atoms with Gasteiger partial charge in [-0.1, -0.05) is 55.1 Å². The van der Waals surface area contributed by atoms with Crippen molar-refractivity contribution in [3.05, 3.63) is 102 Å². The van der Waals surface area contributed by atoms with E-state index in [9.17, 15) is 18.0 Å². The molecule has 1 aliphatic rings. The number of sulfonamides is 1. The summed E-state index contributed by atoms with van der Waals surface area (Å²) in [5.74, 6) is -0.501. The Morgan fingerprint density at radius 3 is 2.54 bits per heavy atom. The van der Waals surface area contributed by atoms with Crippen LogP contribution in [0.3, 0.4) is 0 Å². The van der Waals surface area contributed by atoms with Crippen LogP contribution in [0.15, 0.2) is 90.3 Å². The van der Waals surface area contributed by atoms with Crippen molar-refractivity contribution in [3.8, 4) is 5.75 Å². The standard InChI is InChI=1S/C28H29N3O5S/c1-3-27(32)30-24-16-18-31(25-12-8-7-11-22(24)25)37(34,35)21-13-14-23(26(19-21)36-2)28(33)29-17-15-20-9-5-4-6-10-20/h3-14,19,24H,1,15-18H2,2H3,(H,29,33)(H,30,32). The van der Waals surface area contributed by atoms with Gasteiger partial charge < -0.3 is 15.4 Å². The molecule has 0 saturated heterocycles. The molecule has 0 fully saturated rings. The van der Waals surface area contributed by atoms with Gasteiger partial charge in [-0.2, -0.15) is 0 Å². The molecule has 1 unspecified atom stereocenters. The van der Waals surface area contributed by atoms with Gasteiger partial charge in [-0.25, -0.2) is 8.42 Å². The average molecular weight is 520 g/mol. The van der Waals surface area contributed by atoms with Crippen LogP contribution in [0.25, 0.3) is 0 Å². The summed E-state index contributed by atoms with van der Waals surface area (Å²) in [6, 6.07) is 20.8. The Hall–Kier alpha value is -4.11. The highest BCUT2D eigenvalue weighted by molar-refractivity contribution is 7.92. The first-order valence-corrected chi connectivity index (χ1v) is 13.3. The Balaban J connectivity index is 1.55. The number of hydrogen-bond donors (Lipinski definition) is 2. The quantitative estimate of drug-likeness (QED) is 0.420. The van der Waals surface area contributed by atoms with Crippen LogP contribution in [0.4, 0.5) is 5.69 Å². The number of carbonyl (C=O) groups is 2. The molecule has 3 aromatic rings. The fourth-order valence-corrected chi connectivity index (χ4v) is 5.89. The number of nitrogens with one attached hydrogen (secondary N) is 2. The number of methoxy groups -OCH3 is 1. The Morgan fingerprint density at radius 2 is 1.81 bits per heavy atom. The third-order valence-electron chi connectivity index (χ3n) is 6.25. The fourth-order valence-electron chi connectivity index (χ4n) is 4.37. The molecule has 0 radical (unpaired) electrons. The number of fused-ring (bicyclic) bond motifs is 1. The van der Waals surface area contributed by atoms with E-state index in [1.165, 1.54) is 35.7 Å². The second-order valence-electron chi connectivity index (χ2n) is 8.54. The van der Waals surface area contributed by atoms with Crippen molar-refractivity contribution in [1.29, 1.82) is 0 Å². The summed E-state index contributed by atoms with van der Waals surface area (Å²) in [6.45, 7) is 4.09. The SMILES string of the molecule is C=CC(=O)NC1CCN(S(=O)(=O)c2ccc(C(=O)NCCc3ccccc3)c(OC)c2)c2ccccc21. The molecule has 8 nitrogen and oxygen atoms in total. The molecule has 1 aliphatic heterocycles. The second-order valence-corrected chi connectivity index (χ2v) is 10.4. The highest BCUT2D eigenvalue weighted by atomic mass is 32.2. The molecule has 192 valence electrons. The topological polar surface area (TPSA) is 105 Å². The Bertz CT molecular complexity index is 1410. The van der Waals surface area contributed by atoms with Crippen molar-refractivity contribution in [2.24, 2.45) is 0 Å². The molecule has 3 aromatic carbocycles. The fraction of sp³-hybridized carbons (Fsp3) is 0.214. The average Bonchev–Trinajstić information content (AvgIpc) is 2.93. The van der Waals surface area contributed by atoms with Gasteiger partial charge in [0.1, 0.15) is 5.75 Å². The smallest absolute Gasteiger partial charge is 0.264 e. The summed E-state index contributed by atoms with van der Waals surface area (Å²) in [4.78, 5) is 24.7. The summed E-state index contributed by atoms with van der Waals surface area (Å²) >= 11 is 0. The number of rotatable bonds is 9. The van der Waals surface area contributed by atoms with Gasteiger partial charge in [0.05, 0.1) is 29.3 Å². The maximum Gasteiger partial charge on any atom is 0.264 e. The van der Waals surface area contributed by atoms with E-state index >= 15 is 0 Å². The normalized spacial score (nSPS) is 14.8. The minimum absolute atomic E-state index is 0.00793. The summed E-state index contributed by atoms with van der Waals surface area (Å²) < 4.78 is 34.1. The number of hydrogen-bond acceptors (Lipinski definition) is 5. The number of benzene rings is 3. The van der Waals surface area contributed by atoms with Crippen molar-refractivity contribution >= 4 is 27.5 Å². The molecule has 9 heteroatoms. The third-order valence-corrected chi connectivity index (χ3v) is 8.06. The molecule has 2 amide bonds. The maximum atomic E-state index is 13.7. The molecule has 1 heterocycles. The Morgan fingerprint density at radius 1 is 1.08 bits per heavy atom. The van der Waals surface area contributed by atoms with Crippen LogP contribution in [-0.2, 0) is 21.2 Å². The van der Waals surface area contributed by atoms with E-state index in [0.717, 1.165) is 5.56 Å². The van der Waals surface area contributed by atoms with Crippen LogP contribution >= 0.6 is 0 Å². The first-order chi connectivity index (χ1) is 17.8. The molecule has 0 bridgehead atoms. The lowest BCUT2D eigenvalue weighted by molar-refractivity contribution is -0.117. The van der Waals surface area contributed by atoms with E-state index in [1.54, 1.807) is 24.3 Å². The predicted molar refractivity (Wildman–Crippen MR) is 142 cm³/mol. The van der Waals surface area contributed by atoms with E-state index in [4.69, 9.17) is 4.74 Å². The number of para-hydroxylation sites is 1. The highest BCUT2D eigenvalue weighted by Crippen LogP contribution is 2.37. The molecule has 4 rings (SSSR count). The zero-order valence-corrected chi connectivity index (χ0v) is 21.3. The van der Waals surface area contributed by atoms with Gasteiger partial charge in [0.25, 0.3) is 15.9 Å². The lowest BCUT2D eigenvalue weighted by Crippen LogP contribution is -2.40. The van der Waals surface area contributed by atoms with Gasteiger partial charge in [-0.05, 0) is 48.2 Å². The van der Waals surface area contributed by atoms with Gasteiger partial charge in [-0.15, -0.1) is 0 Å². The second kappa shape index (κ2) is 11.3. The summed E-state index contributed by atoms with van der Waals surface area (Å²) in [5.41, 5.74) is 2.55. The van der Waals surface area contributed by atoms with Gasteiger partial charge in [0.15, 0.2) is 0 Å². The van der Waals surface area contributed by atoms with Crippen LogP contribution in [0, 0.1) is 0 Å². The zero-order chi connectivity index (χ0) is 26.4. The van der Waals surface area contributed by atoms with Gasteiger partial charge >= 0.3 is 0 Å². The molecule has 0 aromatic heterocycles. The van der Waals surface area contributed by atoms with Crippen LogP contribution in [-0.4, -0.2) is 40.4 Å². The predicted octanol–water partition coefficient (Wildman–Crippen LogP) is 3.61. The summed E-state index contributed by atoms with van der Waals surface area (Å²) in [5, 5.41) is 5.72. The molecular weight excluding hydrogens is 490 g/mol. The van der Waals surface area contributed by atoms with Crippen molar-refractivity contribution in [2.45, 2.75) is 23.8 Å². The lowest BCUT2D eigenvalue weighted by atomic mass is 9.98. The van der Waals surface area contributed by atoms with Crippen LogP contribution in [0.2, 0.25) is 0 Å². The molecular formula is C28H29N3O5S. The largest absolute Gasteiger partial charge is 0.496 e. The molecule has 0 saturated carbocycles. The molecule has 1 atom stereocenters. The number of ether oxygens (including phenoxy) is 1. The first kappa shape index (κ1) is 26.0. The van der Waals surface area contributed by atoms with Gasteiger partial charge in [0, 0.05) is 19.2 Å². The third kappa shape index (κ3) is 5.67. The Labute approximate surface area is 217 Å². The van der Waals surface area contributed by atoms with Crippen LogP contribution in [0.1, 0.15) is 33.9 Å². The van der Waals surface area contributed by atoms with Crippen LogP contribution < -0.4 is 19.7 Å². The highest BCUT2D eigenvalue weighted by Gasteiger charge is 2.34. The van der Waals surface area contributed by atoms with Crippen molar-refractivity contribution in [2.75, 3.05) is 24.5 Å². The number of carbonyl (C=O) groups excluding carboxylic acids is 2. The minimum Gasteiger partial charge on any atom is -0.496 e. The van der Waals surface area contributed by atoms with E-state index in [2.05, 4.69) is 17.2 Å². The minimum atomic E-state index is -3.97. The van der Waals surface area contributed by atoms with Crippen molar-refractivity contribution < 1.29 is 22.7 Å². The molecule has 37 heavy (non-hydrogen) atoms. The van der Waals surface area contributed by atoms with E-state index in [0.29, 0.717) is 30.6 Å². The molecule has 2 N–H and O–H groups in total. The van der Waals surface area contributed by atoms with E-state index in [-0.39, 0.29) is 40.6 Å². The number of nitrogens with zero attached hydrogens (tertiary/aromatic N) is 1.